The Hall–Kier alpha value is -3.22. The van der Waals surface area contributed by atoms with E-state index in [1.54, 1.807) is 30.6 Å². The van der Waals surface area contributed by atoms with Gasteiger partial charge in [0.25, 0.3) is 5.91 Å². The number of nitrogens with zero attached hydrogens (tertiary/aromatic N) is 3. The maximum absolute atomic E-state index is 12.9. The quantitative estimate of drug-likeness (QED) is 0.624. The molecule has 1 saturated carbocycles. The fourth-order valence-corrected chi connectivity index (χ4v) is 5.67. The zero-order chi connectivity index (χ0) is 22.5. The van der Waals surface area contributed by atoms with E-state index in [9.17, 15) is 9.59 Å². The summed E-state index contributed by atoms with van der Waals surface area (Å²) in [4.78, 5) is 39.4. The van der Waals surface area contributed by atoms with Crippen molar-refractivity contribution >= 4 is 22.9 Å². The van der Waals surface area contributed by atoms with Crippen molar-refractivity contribution in [3.63, 3.8) is 0 Å². The van der Waals surface area contributed by atoms with Crippen molar-refractivity contribution in [1.29, 1.82) is 0 Å². The van der Waals surface area contributed by atoms with Gasteiger partial charge in [0.15, 0.2) is 6.61 Å². The van der Waals surface area contributed by atoms with E-state index in [1.807, 2.05) is 17.0 Å². The molecule has 2 aliphatic rings. The van der Waals surface area contributed by atoms with Crippen LogP contribution >= 0.6 is 0 Å². The van der Waals surface area contributed by atoms with Crippen molar-refractivity contribution < 1.29 is 14.3 Å². The topological polar surface area (TPSA) is 88.2 Å². The fourth-order valence-electron chi connectivity index (χ4n) is 5.67. The van der Waals surface area contributed by atoms with Gasteiger partial charge in [-0.1, -0.05) is 20.8 Å². The number of ether oxygens (including phenoxy) is 1. The lowest BCUT2D eigenvalue weighted by Gasteiger charge is -2.40. The van der Waals surface area contributed by atoms with E-state index in [-0.39, 0.29) is 24.0 Å². The molecule has 1 aliphatic carbocycles. The van der Waals surface area contributed by atoms with E-state index in [2.05, 4.69) is 35.7 Å². The molecule has 0 radical (unpaired) electrons. The van der Waals surface area contributed by atoms with Crippen LogP contribution in [0.4, 0.5) is 0 Å². The third-order valence-corrected chi connectivity index (χ3v) is 7.10. The van der Waals surface area contributed by atoms with Crippen LogP contribution < -0.4 is 0 Å². The summed E-state index contributed by atoms with van der Waals surface area (Å²) in [5, 5.41) is 0. The number of amides is 1. The van der Waals surface area contributed by atoms with Gasteiger partial charge in [0.2, 0.25) is 0 Å². The molecule has 3 aromatic rings. The Morgan fingerprint density at radius 1 is 1.25 bits per heavy atom. The first-order valence-electron chi connectivity index (χ1n) is 11.1. The summed E-state index contributed by atoms with van der Waals surface area (Å²) in [5.41, 5.74) is 3.13. The van der Waals surface area contributed by atoms with Crippen LogP contribution in [0.2, 0.25) is 0 Å². The van der Waals surface area contributed by atoms with E-state index < -0.39 is 5.97 Å². The Balaban J connectivity index is 1.26. The average Bonchev–Trinajstić information content (AvgIpc) is 3.28. The smallest absolute Gasteiger partial charge is 0.338 e. The molecule has 1 saturated heterocycles. The number of H-pyrrole nitrogens is 1. The number of rotatable bonds is 4. The van der Waals surface area contributed by atoms with Crippen molar-refractivity contribution in [2.45, 2.75) is 46.1 Å². The third-order valence-electron chi connectivity index (χ3n) is 7.10. The number of likely N-dealkylation sites (tertiary alicyclic amines) is 1. The Bertz CT molecular complexity index is 1190. The first kappa shape index (κ1) is 20.7. The van der Waals surface area contributed by atoms with Crippen LogP contribution in [-0.2, 0) is 9.53 Å². The lowest BCUT2D eigenvalue weighted by molar-refractivity contribution is -0.140. The molecular formula is C25H28N4O3. The van der Waals surface area contributed by atoms with E-state index in [4.69, 9.17) is 4.74 Å². The summed E-state index contributed by atoms with van der Waals surface area (Å²) < 4.78 is 5.41. The number of benzene rings is 1. The second-order valence-corrected chi connectivity index (χ2v) is 10.2. The van der Waals surface area contributed by atoms with Gasteiger partial charge >= 0.3 is 5.97 Å². The van der Waals surface area contributed by atoms with Gasteiger partial charge in [-0.15, -0.1) is 0 Å². The van der Waals surface area contributed by atoms with Gasteiger partial charge in [0, 0.05) is 30.5 Å². The number of aromatic amines is 1. The Morgan fingerprint density at radius 2 is 2.09 bits per heavy atom. The van der Waals surface area contributed by atoms with Gasteiger partial charge in [0.05, 0.1) is 16.6 Å². The zero-order valence-electron chi connectivity index (χ0n) is 18.7. The number of hydrogen-bond acceptors (Lipinski definition) is 5. The van der Waals surface area contributed by atoms with Crippen LogP contribution in [-0.4, -0.2) is 50.9 Å². The molecule has 2 atom stereocenters. The van der Waals surface area contributed by atoms with E-state index >= 15 is 0 Å². The number of nitrogens with one attached hydrogen (secondary N) is 1. The molecule has 1 aliphatic heterocycles. The molecular weight excluding hydrogens is 404 g/mol. The van der Waals surface area contributed by atoms with Gasteiger partial charge in [-0.2, -0.15) is 0 Å². The molecule has 5 rings (SSSR count). The van der Waals surface area contributed by atoms with Gasteiger partial charge in [-0.05, 0) is 60.4 Å². The van der Waals surface area contributed by atoms with Crippen molar-refractivity contribution in [2.75, 3.05) is 13.2 Å². The van der Waals surface area contributed by atoms with Crippen molar-refractivity contribution in [3.05, 3.63) is 48.3 Å². The molecule has 1 N–H and O–H groups in total. The molecule has 2 unspecified atom stereocenters. The fraction of sp³-hybridized carbons (Fsp3) is 0.440. The summed E-state index contributed by atoms with van der Waals surface area (Å²) in [7, 11) is 0. The molecule has 166 valence electrons. The minimum Gasteiger partial charge on any atom is -0.452 e. The summed E-state index contributed by atoms with van der Waals surface area (Å²) in [6.45, 7) is 7.30. The van der Waals surface area contributed by atoms with E-state index in [0.29, 0.717) is 16.8 Å². The number of hydrogen-bond donors (Lipinski definition) is 1. The highest BCUT2D eigenvalue weighted by atomic mass is 16.5. The van der Waals surface area contributed by atoms with E-state index in [0.717, 1.165) is 42.4 Å². The molecule has 0 spiro atoms. The number of pyridine rings is 1. The number of aromatic nitrogens is 3. The minimum atomic E-state index is -0.509. The molecule has 2 bridgehead atoms. The number of carbonyl (C=O) groups excluding carboxylic acids is 2. The van der Waals surface area contributed by atoms with E-state index in [1.165, 1.54) is 0 Å². The highest BCUT2D eigenvalue weighted by molar-refractivity contribution is 5.95. The predicted octanol–water partition coefficient (Wildman–Crippen LogP) is 4.21. The normalized spacial score (nSPS) is 24.0. The molecule has 32 heavy (non-hydrogen) atoms. The summed E-state index contributed by atoms with van der Waals surface area (Å²) >= 11 is 0. The number of piperidine rings is 1. The molecule has 2 fully saturated rings. The van der Waals surface area contributed by atoms with Gasteiger partial charge in [-0.25, -0.2) is 9.78 Å². The van der Waals surface area contributed by atoms with Crippen LogP contribution in [0.1, 0.15) is 50.4 Å². The monoisotopic (exact) mass is 432 g/mol. The largest absolute Gasteiger partial charge is 0.452 e. The molecule has 7 nitrogen and oxygen atoms in total. The number of esters is 1. The average molecular weight is 433 g/mol. The third kappa shape index (κ3) is 3.66. The number of imidazole rings is 1. The van der Waals surface area contributed by atoms with Crippen LogP contribution in [0.15, 0.2) is 42.7 Å². The van der Waals surface area contributed by atoms with Gasteiger partial charge in [-0.3, -0.25) is 9.78 Å². The molecule has 2 aromatic heterocycles. The van der Waals surface area contributed by atoms with Crippen LogP contribution in [0.25, 0.3) is 22.4 Å². The van der Waals surface area contributed by atoms with Crippen molar-refractivity contribution in [2.24, 2.45) is 10.8 Å². The Morgan fingerprint density at radius 3 is 2.88 bits per heavy atom. The highest BCUT2D eigenvalue weighted by Gasteiger charge is 2.53. The van der Waals surface area contributed by atoms with Crippen molar-refractivity contribution in [3.8, 4) is 11.4 Å². The van der Waals surface area contributed by atoms with Crippen LogP contribution in [0.3, 0.4) is 0 Å². The summed E-state index contributed by atoms with van der Waals surface area (Å²) in [6.07, 6.45) is 6.59. The first-order valence-corrected chi connectivity index (χ1v) is 11.1. The minimum absolute atomic E-state index is 0.0859. The number of carbonyl (C=O) groups is 2. The van der Waals surface area contributed by atoms with Crippen molar-refractivity contribution in [1.82, 2.24) is 19.9 Å². The van der Waals surface area contributed by atoms with Gasteiger partial charge in [0.1, 0.15) is 5.82 Å². The van der Waals surface area contributed by atoms with Gasteiger partial charge < -0.3 is 14.6 Å². The highest BCUT2D eigenvalue weighted by Crippen LogP contribution is 2.55. The maximum atomic E-state index is 12.9. The Kier molecular flexibility index (Phi) is 4.80. The first-order chi connectivity index (χ1) is 15.2. The molecule has 3 heterocycles. The summed E-state index contributed by atoms with van der Waals surface area (Å²) in [6, 6.07) is 9.13. The Labute approximate surface area is 187 Å². The van der Waals surface area contributed by atoms with Crippen LogP contribution in [0.5, 0.6) is 0 Å². The second kappa shape index (κ2) is 7.43. The summed E-state index contributed by atoms with van der Waals surface area (Å²) in [5.74, 6) is 0.0669. The lowest BCUT2D eigenvalue weighted by atomic mass is 9.81. The predicted molar refractivity (Wildman–Crippen MR) is 121 cm³/mol. The SMILES string of the molecule is CC12CCN(C(=O)COC(=O)c3ccc4nc(-c5cccnc5)[nH]c4c3)C(C1)C(C)(C)C2. The maximum Gasteiger partial charge on any atom is 0.338 e. The molecule has 1 aromatic carbocycles. The standard InChI is InChI=1S/C25H28N4O3/c1-24(2)15-25(3)8-10-29(20(24)12-25)21(30)14-32-23(31)16-6-7-18-19(11-16)28-22(27-18)17-5-4-9-26-13-17/h4-7,9,11,13,20H,8,10,12,14-15H2,1-3H3,(H,27,28). The molecule has 1 amide bonds. The zero-order valence-corrected chi connectivity index (χ0v) is 18.7. The van der Waals surface area contributed by atoms with Crippen LogP contribution in [0, 0.1) is 10.8 Å². The lowest BCUT2D eigenvalue weighted by Crippen LogP contribution is -2.49. The number of fused-ring (bicyclic) bond motifs is 3. The molecule has 7 heteroatoms. The second-order valence-electron chi connectivity index (χ2n) is 10.2.